The zero-order valence-corrected chi connectivity index (χ0v) is 45.8. The molecule has 2 unspecified atom stereocenters. The number of allylic oxidation sites excluding steroid dienone is 10. The van der Waals surface area contributed by atoms with Crippen LogP contribution in [-0.4, -0.2) is 80.6 Å². The zero-order chi connectivity index (χ0) is 50.6. The van der Waals surface area contributed by atoms with Crippen molar-refractivity contribution in [2.75, 3.05) is 41.0 Å². The second-order valence-electron chi connectivity index (χ2n) is 20.5. The van der Waals surface area contributed by atoms with E-state index in [1.165, 1.54) is 154 Å². The topological polar surface area (TPSA) is 99.1 Å². The molecule has 0 bridgehead atoms. The summed E-state index contributed by atoms with van der Waals surface area (Å²) in [7, 11) is 5.54. The first-order valence-corrected chi connectivity index (χ1v) is 28.8. The lowest BCUT2D eigenvalue weighted by molar-refractivity contribution is -0.887. The molecule has 0 fully saturated rings. The first kappa shape index (κ1) is 66.0. The first-order valence-electron chi connectivity index (χ1n) is 28.8. The predicted molar refractivity (Wildman–Crippen MR) is 294 cm³/mol. The van der Waals surface area contributed by atoms with Gasteiger partial charge < -0.3 is 23.8 Å². The van der Waals surface area contributed by atoms with Crippen LogP contribution in [0.25, 0.3) is 0 Å². The average Bonchev–Trinajstić information content (AvgIpc) is 3.31. The molecule has 0 amide bonds. The van der Waals surface area contributed by atoms with Gasteiger partial charge in [0, 0.05) is 19.3 Å². The molecule has 0 rings (SSSR count). The maximum Gasteiger partial charge on any atom is 0.362 e. The van der Waals surface area contributed by atoms with E-state index in [1.807, 2.05) is 21.1 Å². The molecule has 0 aliphatic rings. The maximum absolute atomic E-state index is 12.8. The fourth-order valence-electron chi connectivity index (χ4n) is 8.49. The van der Waals surface area contributed by atoms with Crippen LogP contribution < -0.4 is 0 Å². The van der Waals surface area contributed by atoms with Crippen molar-refractivity contribution in [2.45, 2.75) is 270 Å². The number of unbranched alkanes of at least 4 members (excludes halogenated alkanes) is 28. The number of esters is 2. The Kier molecular flexibility index (Phi) is 49.2. The van der Waals surface area contributed by atoms with Crippen molar-refractivity contribution in [3.63, 3.8) is 0 Å². The van der Waals surface area contributed by atoms with Crippen molar-refractivity contribution in [3.05, 3.63) is 60.8 Å². The van der Waals surface area contributed by atoms with Crippen LogP contribution in [0.4, 0.5) is 0 Å². The Bertz CT molecular complexity index is 1310. The molecule has 0 aromatic carbocycles. The van der Waals surface area contributed by atoms with Gasteiger partial charge in [-0.15, -0.1) is 0 Å². The van der Waals surface area contributed by atoms with Crippen molar-refractivity contribution < 1.29 is 38.2 Å². The van der Waals surface area contributed by atoms with Crippen molar-refractivity contribution in [3.8, 4) is 0 Å². The molecule has 0 saturated carbocycles. The van der Waals surface area contributed by atoms with Crippen LogP contribution in [0.2, 0.25) is 0 Å². The van der Waals surface area contributed by atoms with Crippen LogP contribution in [-0.2, 0) is 28.6 Å². The van der Waals surface area contributed by atoms with E-state index >= 15 is 0 Å². The quantitative estimate of drug-likeness (QED) is 0.0280. The molecule has 0 aliphatic carbocycles. The van der Waals surface area contributed by atoms with Gasteiger partial charge in [-0.2, -0.15) is 0 Å². The molecule has 8 heteroatoms. The predicted octanol–water partition coefficient (Wildman–Crippen LogP) is 17.3. The summed E-state index contributed by atoms with van der Waals surface area (Å²) in [5, 5.41) is 9.68. The molecule has 1 N–H and O–H groups in total. The van der Waals surface area contributed by atoms with E-state index in [4.69, 9.17) is 14.2 Å². The van der Waals surface area contributed by atoms with E-state index < -0.39 is 18.1 Å². The number of likely N-dealkylation sites (N-methyl/N-ethyl adjacent to an activating group) is 1. The zero-order valence-electron chi connectivity index (χ0n) is 45.8. The summed E-state index contributed by atoms with van der Waals surface area (Å²) in [5.41, 5.74) is 0. The standard InChI is InChI=1S/C61H109NO7/c1-6-8-10-12-14-16-18-20-22-24-26-28-30-32-33-35-37-39-41-43-45-47-49-51-59(63)68-56-57(55-67-54-53-58(61(65)66)62(3,4)5)69-60(64)52-50-48-46-44-42-40-38-36-34-31-29-27-25-23-21-19-17-15-13-11-9-7-2/h8,10,14,16,20,22,25,27,31,34,57-58H,6-7,9,11-13,15,17-19,21,23-24,26,28-30,32-33,35-56H2,1-5H3/p+1/b10-8+,16-14+,22-20+,27-25+,34-31+. The molecule has 0 aliphatic heterocycles. The van der Waals surface area contributed by atoms with Crippen molar-refractivity contribution in [1.29, 1.82) is 0 Å². The molecule has 0 aromatic rings. The number of rotatable bonds is 52. The largest absolute Gasteiger partial charge is 0.477 e. The number of carboxylic acids is 1. The Morgan fingerprint density at radius 3 is 1.20 bits per heavy atom. The maximum atomic E-state index is 12.8. The lowest BCUT2D eigenvalue weighted by Crippen LogP contribution is -2.50. The molecular weight excluding hydrogens is 859 g/mol. The normalized spacial score (nSPS) is 13.2. The van der Waals surface area contributed by atoms with Crippen LogP contribution in [0.1, 0.15) is 258 Å². The van der Waals surface area contributed by atoms with Gasteiger partial charge in [0.1, 0.15) is 6.61 Å². The highest BCUT2D eigenvalue weighted by atomic mass is 16.6. The molecule has 69 heavy (non-hydrogen) atoms. The highest BCUT2D eigenvalue weighted by Gasteiger charge is 2.31. The van der Waals surface area contributed by atoms with Gasteiger partial charge in [0.05, 0.1) is 34.4 Å². The van der Waals surface area contributed by atoms with Crippen LogP contribution >= 0.6 is 0 Å². The fraction of sp³-hybridized carbons (Fsp3) is 0.787. The number of nitrogens with zero attached hydrogens (tertiary/aromatic N) is 1. The number of carboxylic acid groups (broad SMARTS) is 1. The van der Waals surface area contributed by atoms with Gasteiger partial charge in [-0.05, 0) is 77.0 Å². The van der Waals surface area contributed by atoms with E-state index in [-0.39, 0.29) is 36.2 Å². The number of hydrogen-bond acceptors (Lipinski definition) is 6. The van der Waals surface area contributed by atoms with Crippen molar-refractivity contribution in [2.24, 2.45) is 0 Å². The summed E-state index contributed by atoms with van der Waals surface area (Å²) in [5.74, 6) is -1.47. The molecule has 8 nitrogen and oxygen atoms in total. The van der Waals surface area contributed by atoms with Gasteiger partial charge in [-0.25, -0.2) is 4.79 Å². The van der Waals surface area contributed by atoms with Gasteiger partial charge in [-0.3, -0.25) is 9.59 Å². The third-order valence-corrected chi connectivity index (χ3v) is 12.9. The van der Waals surface area contributed by atoms with E-state index in [2.05, 4.69) is 74.6 Å². The minimum absolute atomic E-state index is 0.0549. The van der Waals surface area contributed by atoms with Gasteiger partial charge in [0.15, 0.2) is 12.1 Å². The molecule has 0 saturated heterocycles. The number of hydrogen-bond donors (Lipinski definition) is 1. The van der Waals surface area contributed by atoms with Gasteiger partial charge in [0.2, 0.25) is 0 Å². The minimum Gasteiger partial charge on any atom is -0.477 e. The third kappa shape index (κ3) is 49.8. The minimum atomic E-state index is -0.875. The summed E-state index contributed by atoms with van der Waals surface area (Å²) in [4.78, 5) is 37.3. The molecule has 0 spiro atoms. The number of quaternary nitrogens is 1. The molecule has 0 aromatic heterocycles. The number of aliphatic carboxylic acids is 1. The Hall–Kier alpha value is -2.97. The average molecular weight is 970 g/mol. The van der Waals surface area contributed by atoms with Gasteiger partial charge in [-0.1, -0.05) is 222 Å². The first-order chi connectivity index (χ1) is 33.6. The van der Waals surface area contributed by atoms with Crippen LogP contribution in [0, 0.1) is 0 Å². The molecule has 400 valence electrons. The molecule has 2 atom stereocenters. The smallest absolute Gasteiger partial charge is 0.362 e. The van der Waals surface area contributed by atoms with Crippen molar-refractivity contribution in [1.82, 2.24) is 0 Å². The van der Waals surface area contributed by atoms with Crippen LogP contribution in [0.5, 0.6) is 0 Å². The number of carbonyl (C=O) groups is 3. The summed E-state index contributed by atoms with van der Waals surface area (Å²) in [6.45, 7) is 4.65. The highest BCUT2D eigenvalue weighted by Crippen LogP contribution is 2.16. The molecular formula is C61H110NO7+. The molecule has 0 heterocycles. The van der Waals surface area contributed by atoms with E-state index in [9.17, 15) is 19.5 Å². The van der Waals surface area contributed by atoms with Gasteiger partial charge >= 0.3 is 17.9 Å². The summed E-state index contributed by atoms with van der Waals surface area (Å²) in [6, 6.07) is -0.619. The summed E-state index contributed by atoms with van der Waals surface area (Å²) < 4.78 is 17.4. The molecule has 0 radical (unpaired) electrons. The van der Waals surface area contributed by atoms with Crippen LogP contribution in [0.3, 0.4) is 0 Å². The SMILES string of the molecule is CC/C=C/C/C=C/C/C=C/CCCCCCCCCCCCCCCC(=O)OCC(COCCC(C(=O)O)[N+](C)(C)C)OC(=O)CCCCCCCCC/C=C/C/C=C/CCCCCCCCCC. The van der Waals surface area contributed by atoms with Gasteiger partial charge in [0.25, 0.3) is 0 Å². The second kappa shape index (κ2) is 51.4. The third-order valence-electron chi connectivity index (χ3n) is 12.9. The Morgan fingerprint density at radius 1 is 0.449 bits per heavy atom. The summed E-state index contributed by atoms with van der Waals surface area (Å²) >= 11 is 0. The second-order valence-corrected chi connectivity index (χ2v) is 20.5. The van der Waals surface area contributed by atoms with E-state index in [0.717, 1.165) is 70.6 Å². The Balaban J connectivity index is 4.18. The highest BCUT2D eigenvalue weighted by molar-refractivity contribution is 5.72. The Morgan fingerprint density at radius 2 is 0.812 bits per heavy atom. The lowest BCUT2D eigenvalue weighted by Gasteiger charge is -2.31. The van der Waals surface area contributed by atoms with Crippen LogP contribution in [0.15, 0.2) is 60.8 Å². The summed E-state index contributed by atoms with van der Waals surface area (Å²) in [6.07, 6.45) is 65.7. The number of ether oxygens (including phenoxy) is 3. The van der Waals surface area contributed by atoms with Crippen molar-refractivity contribution >= 4 is 17.9 Å². The fourth-order valence-corrected chi connectivity index (χ4v) is 8.49. The van der Waals surface area contributed by atoms with E-state index in [0.29, 0.717) is 19.3 Å². The Labute approximate surface area is 426 Å². The number of carbonyl (C=O) groups excluding carboxylic acids is 2. The monoisotopic (exact) mass is 969 g/mol. The lowest BCUT2D eigenvalue weighted by atomic mass is 10.0. The van der Waals surface area contributed by atoms with E-state index in [1.54, 1.807) is 0 Å².